The van der Waals surface area contributed by atoms with Gasteiger partial charge in [-0.05, 0) is 44.0 Å². The van der Waals surface area contributed by atoms with E-state index in [9.17, 15) is 4.79 Å². The Hall–Kier alpha value is -1.99. The monoisotopic (exact) mass is 379 g/mol. The molecule has 0 aliphatic carbocycles. The summed E-state index contributed by atoms with van der Waals surface area (Å²) in [5.74, 6) is 2.01. The van der Waals surface area contributed by atoms with E-state index in [1.807, 2.05) is 19.1 Å². The lowest BCUT2D eigenvalue weighted by molar-refractivity contribution is -0.121. The van der Waals surface area contributed by atoms with Gasteiger partial charge in [0.1, 0.15) is 0 Å². The summed E-state index contributed by atoms with van der Waals surface area (Å²) in [4.78, 5) is 14.2. The van der Waals surface area contributed by atoms with Crippen molar-refractivity contribution in [2.45, 2.75) is 45.2 Å². The van der Waals surface area contributed by atoms with E-state index in [4.69, 9.17) is 19.9 Å². The fourth-order valence-electron chi connectivity index (χ4n) is 3.50. The number of rotatable bonds is 10. The lowest BCUT2D eigenvalue weighted by Crippen LogP contribution is -2.46. The number of carbonyl (C=O) groups is 1. The molecule has 1 heterocycles. The molecule has 7 heteroatoms. The molecule has 0 spiro atoms. The average molecular weight is 380 g/mol. The lowest BCUT2D eigenvalue weighted by atomic mass is 10.0. The third-order valence-corrected chi connectivity index (χ3v) is 4.85. The van der Waals surface area contributed by atoms with Crippen LogP contribution in [0, 0.1) is 0 Å². The van der Waals surface area contributed by atoms with Gasteiger partial charge < -0.3 is 25.3 Å². The van der Waals surface area contributed by atoms with Gasteiger partial charge in [0.15, 0.2) is 11.5 Å². The molecular formula is C20H33N3O4. The van der Waals surface area contributed by atoms with Crippen molar-refractivity contribution in [3.8, 4) is 17.2 Å². The summed E-state index contributed by atoms with van der Waals surface area (Å²) in [6.07, 6.45) is 3.80. The molecule has 0 saturated carbocycles. The maximum absolute atomic E-state index is 11.8. The molecule has 1 atom stereocenters. The zero-order valence-corrected chi connectivity index (χ0v) is 16.8. The lowest BCUT2D eigenvalue weighted by Gasteiger charge is -2.36. The van der Waals surface area contributed by atoms with Crippen molar-refractivity contribution in [3.05, 3.63) is 17.7 Å². The van der Waals surface area contributed by atoms with Crippen LogP contribution in [0.25, 0.3) is 0 Å². The number of nitrogens with two attached hydrogens (primary N) is 1. The Balaban J connectivity index is 2.11. The molecule has 1 unspecified atom stereocenters. The first-order chi connectivity index (χ1) is 13.1. The molecule has 1 aliphatic rings. The molecule has 27 heavy (non-hydrogen) atoms. The Morgan fingerprint density at radius 3 is 2.56 bits per heavy atom. The third kappa shape index (κ3) is 6.01. The van der Waals surface area contributed by atoms with Crippen molar-refractivity contribution in [2.24, 2.45) is 5.73 Å². The van der Waals surface area contributed by atoms with Crippen molar-refractivity contribution >= 4 is 5.91 Å². The van der Waals surface area contributed by atoms with Gasteiger partial charge in [-0.15, -0.1) is 0 Å². The van der Waals surface area contributed by atoms with Crippen LogP contribution in [0.5, 0.6) is 17.2 Å². The Morgan fingerprint density at radius 1 is 1.26 bits per heavy atom. The van der Waals surface area contributed by atoms with Crippen molar-refractivity contribution in [3.63, 3.8) is 0 Å². The molecule has 1 aromatic rings. The Kier molecular flexibility index (Phi) is 8.67. The first-order valence-electron chi connectivity index (χ1n) is 9.71. The Morgan fingerprint density at radius 2 is 1.96 bits per heavy atom. The maximum atomic E-state index is 11.8. The van der Waals surface area contributed by atoms with Crippen molar-refractivity contribution < 1.29 is 19.0 Å². The van der Waals surface area contributed by atoms with E-state index in [2.05, 4.69) is 10.2 Å². The normalized spacial score (nSPS) is 17.4. The average Bonchev–Trinajstić information content (AvgIpc) is 2.68. The Labute approximate surface area is 162 Å². The van der Waals surface area contributed by atoms with Crippen LogP contribution in [0.1, 0.15) is 38.2 Å². The van der Waals surface area contributed by atoms with Gasteiger partial charge in [0.2, 0.25) is 11.7 Å². The second-order valence-electron chi connectivity index (χ2n) is 6.73. The molecule has 1 saturated heterocycles. The minimum absolute atomic E-state index is 0.0208. The molecule has 1 amide bonds. The number of nitrogens with one attached hydrogen (secondary N) is 1. The number of methoxy groups -OCH3 is 2. The molecule has 1 aliphatic heterocycles. The molecule has 152 valence electrons. The van der Waals surface area contributed by atoms with Gasteiger partial charge in [0, 0.05) is 32.1 Å². The van der Waals surface area contributed by atoms with Crippen LogP contribution >= 0.6 is 0 Å². The van der Waals surface area contributed by atoms with Gasteiger partial charge in [0.25, 0.3) is 0 Å². The standard InChI is InChI=1S/C20H33N3O4/c1-4-27-20-17(25-2)11-15(12-18(20)26-3)14-23-10-6-5-7-16(23)13-22-19(24)8-9-21/h11-12,16H,4-10,13-14,21H2,1-3H3,(H,22,24). The summed E-state index contributed by atoms with van der Waals surface area (Å²) in [5.41, 5.74) is 6.55. The SMILES string of the molecule is CCOc1c(OC)cc(CN2CCCCC2CNC(=O)CCN)cc1OC. The summed E-state index contributed by atoms with van der Waals surface area (Å²) in [6, 6.07) is 4.34. The molecule has 1 aromatic carbocycles. The summed E-state index contributed by atoms with van der Waals surface area (Å²) in [5, 5.41) is 3.01. The first kappa shape index (κ1) is 21.3. The summed E-state index contributed by atoms with van der Waals surface area (Å²) in [7, 11) is 3.27. The van der Waals surface area contributed by atoms with E-state index in [0.29, 0.717) is 49.4 Å². The molecule has 3 N–H and O–H groups in total. The van der Waals surface area contributed by atoms with Gasteiger partial charge >= 0.3 is 0 Å². The first-order valence-corrected chi connectivity index (χ1v) is 9.71. The highest BCUT2D eigenvalue weighted by Crippen LogP contribution is 2.39. The minimum Gasteiger partial charge on any atom is -0.493 e. The van der Waals surface area contributed by atoms with Crippen LogP contribution in [0.2, 0.25) is 0 Å². The van der Waals surface area contributed by atoms with E-state index >= 15 is 0 Å². The number of piperidine rings is 1. The number of likely N-dealkylation sites (tertiary alicyclic amines) is 1. The van der Waals surface area contributed by atoms with Crippen molar-refractivity contribution in [1.82, 2.24) is 10.2 Å². The number of nitrogens with zero attached hydrogens (tertiary/aromatic N) is 1. The second kappa shape index (κ2) is 11.0. The third-order valence-electron chi connectivity index (χ3n) is 4.85. The number of benzene rings is 1. The van der Waals surface area contributed by atoms with E-state index < -0.39 is 0 Å². The zero-order chi connectivity index (χ0) is 19.6. The molecule has 7 nitrogen and oxygen atoms in total. The highest BCUT2D eigenvalue weighted by atomic mass is 16.5. The second-order valence-corrected chi connectivity index (χ2v) is 6.73. The van der Waals surface area contributed by atoms with E-state index in [0.717, 1.165) is 25.1 Å². The molecule has 1 fully saturated rings. The van der Waals surface area contributed by atoms with Crippen molar-refractivity contribution in [2.75, 3.05) is 40.5 Å². The van der Waals surface area contributed by atoms with Crippen LogP contribution in [0.15, 0.2) is 12.1 Å². The topological polar surface area (TPSA) is 86.1 Å². The summed E-state index contributed by atoms with van der Waals surface area (Å²) >= 11 is 0. The van der Waals surface area contributed by atoms with Gasteiger partial charge in [-0.1, -0.05) is 6.42 Å². The molecule has 2 rings (SSSR count). The number of carbonyl (C=O) groups excluding carboxylic acids is 1. The molecule has 0 bridgehead atoms. The van der Waals surface area contributed by atoms with Gasteiger partial charge in [-0.2, -0.15) is 0 Å². The maximum Gasteiger partial charge on any atom is 0.221 e. The summed E-state index contributed by atoms with van der Waals surface area (Å²) < 4.78 is 16.7. The highest BCUT2D eigenvalue weighted by Gasteiger charge is 2.24. The van der Waals surface area contributed by atoms with Crippen LogP contribution in [-0.2, 0) is 11.3 Å². The van der Waals surface area contributed by atoms with E-state index in [1.54, 1.807) is 14.2 Å². The van der Waals surface area contributed by atoms with Crippen LogP contribution in [-0.4, -0.2) is 57.3 Å². The predicted molar refractivity (Wildman–Crippen MR) is 105 cm³/mol. The fourth-order valence-corrected chi connectivity index (χ4v) is 3.50. The Bertz CT molecular complexity index is 584. The van der Waals surface area contributed by atoms with Crippen LogP contribution in [0.4, 0.5) is 0 Å². The van der Waals surface area contributed by atoms with Crippen LogP contribution in [0.3, 0.4) is 0 Å². The fraction of sp³-hybridized carbons (Fsp3) is 0.650. The van der Waals surface area contributed by atoms with Crippen molar-refractivity contribution in [1.29, 1.82) is 0 Å². The predicted octanol–water partition coefficient (Wildman–Crippen LogP) is 1.92. The quantitative estimate of drug-likeness (QED) is 0.646. The van der Waals surface area contributed by atoms with E-state index in [1.165, 1.54) is 12.8 Å². The number of amides is 1. The van der Waals surface area contributed by atoms with Gasteiger partial charge in [0.05, 0.1) is 20.8 Å². The number of ether oxygens (including phenoxy) is 3. The smallest absolute Gasteiger partial charge is 0.221 e. The van der Waals surface area contributed by atoms with Gasteiger partial charge in [-0.25, -0.2) is 0 Å². The molecule has 0 aromatic heterocycles. The molecule has 0 radical (unpaired) electrons. The zero-order valence-electron chi connectivity index (χ0n) is 16.8. The summed E-state index contributed by atoms with van der Waals surface area (Å²) in [6.45, 7) is 5.30. The molecular weight excluding hydrogens is 346 g/mol. The largest absolute Gasteiger partial charge is 0.493 e. The minimum atomic E-state index is 0.0208. The van der Waals surface area contributed by atoms with Crippen LogP contribution < -0.4 is 25.3 Å². The number of hydrogen-bond donors (Lipinski definition) is 2. The number of hydrogen-bond acceptors (Lipinski definition) is 6. The van der Waals surface area contributed by atoms with E-state index in [-0.39, 0.29) is 5.91 Å². The highest BCUT2D eigenvalue weighted by molar-refractivity contribution is 5.76. The van der Waals surface area contributed by atoms with Gasteiger partial charge in [-0.3, -0.25) is 9.69 Å².